The molecule has 2 aromatic heterocycles. The van der Waals surface area contributed by atoms with Crippen LogP contribution >= 0.6 is 11.3 Å². The third kappa shape index (κ3) is 4.42. The van der Waals surface area contributed by atoms with Gasteiger partial charge in [-0.25, -0.2) is 0 Å². The van der Waals surface area contributed by atoms with Gasteiger partial charge in [0.1, 0.15) is 5.60 Å². The highest BCUT2D eigenvalue weighted by Gasteiger charge is 2.15. The molecule has 2 N–H and O–H groups in total. The third-order valence-electron chi connectivity index (χ3n) is 2.45. The average Bonchev–Trinajstić information content (AvgIpc) is 2.84. The van der Waals surface area contributed by atoms with Crippen molar-refractivity contribution < 1.29 is 9.47 Å². The minimum atomic E-state index is -0.337. The molecule has 0 aromatic carbocycles. The third-order valence-corrected chi connectivity index (χ3v) is 3.38. The summed E-state index contributed by atoms with van der Waals surface area (Å²) < 4.78 is 11.4. The van der Waals surface area contributed by atoms with E-state index in [0.29, 0.717) is 24.1 Å². The largest absolute Gasteiger partial charge is 0.477 e. The second-order valence-corrected chi connectivity index (χ2v) is 6.47. The first-order valence-electron chi connectivity index (χ1n) is 6.55. The lowest BCUT2D eigenvalue weighted by Crippen LogP contribution is -2.24. The molecular weight excluding hydrogens is 272 g/mol. The van der Waals surface area contributed by atoms with E-state index < -0.39 is 0 Å². The Labute approximate surface area is 123 Å². The maximum absolute atomic E-state index is 5.86. The van der Waals surface area contributed by atoms with Gasteiger partial charge in [0.15, 0.2) is 0 Å². The van der Waals surface area contributed by atoms with Gasteiger partial charge in [0.2, 0.25) is 11.8 Å². The van der Waals surface area contributed by atoms with Crippen molar-refractivity contribution >= 4 is 17.0 Å². The van der Waals surface area contributed by atoms with E-state index in [9.17, 15) is 0 Å². The van der Waals surface area contributed by atoms with E-state index in [1.165, 1.54) is 4.88 Å². The summed E-state index contributed by atoms with van der Waals surface area (Å²) in [6, 6.07) is 7.66. The first-order valence-corrected chi connectivity index (χ1v) is 7.43. The summed E-state index contributed by atoms with van der Waals surface area (Å²) in [7, 11) is 0. The number of nitrogens with zero attached hydrogens (tertiary/aromatic N) is 1. The van der Waals surface area contributed by atoms with Gasteiger partial charge in [0.05, 0.1) is 12.3 Å². The molecule has 108 valence electrons. The molecule has 0 amide bonds. The Morgan fingerprint density at radius 1 is 1.25 bits per heavy atom. The van der Waals surface area contributed by atoms with E-state index in [0.717, 1.165) is 6.42 Å². The predicted molar refractivity (Wildman–Crippen MR) is 82.5 cm³/mol. The molecule has 2 heterocycles. The number of nitrogen functional groups attached to an aromatic ring is 1. The van der Waals surface area contributed by atoms with Gasteiger partial charge in [-0.3, -0.25) is 0 Å². The van der Waals surface area contributed by atoms with Crippen LogP contribution in [0.4, 0.5) is 5.69 Å². The second kappa shape index (κ2) is 6.13. The van der Waals surface area contributed by atoms with E-state index in [1.807, 2.05) is 26.8 Å². The fourth-order valence-electron chi connectivity index (χ4n) is 1.60. The van der Waals surface area contributed by atoms with E-state index >= 15 is 0 Å². The number of anilines is 1. The Hall–Kier alpha value is -1.75. The van der Waals surface area contributed by atoms with Gasteiger partial charge < -0.3 is 15.2 Å². The molecule has 0 saturated heterocycles. The van der Waals surface area contributed by atoms with Gasteiger partial charge in [0.25, 0.3) is 0 Å². The maximum Gasteiger partial charge on any atom is 0.241 e. The average molecular weight is 292 g/mol. The van der Waals surface area contributed by atoms with Crippen LogP contribution in [0.1, 0.15) is 25.6 Å². The highest BCUT2D eigenvalue weighted by atomic mass is 32.1. The van der Waals surface area contributed by atoms with E-state index in [1.54, 1.807) is 23.5 Å². The minimum Gasteiger partial charge on any atom is -0.477 e. The van der Waals surface area contributed by atoms with Gasteiger partial charge in [-0.15, -0.1) is 11.3 Å². The van der Waals surface area contributed by atoms with Crippen LogP contribution in [0.15, 0.2) is 29.6 Å². The van der Waals surface area contributed by atoms with Crippen LogP contribution in [0, 0.1) is 0 Å². The second-order valence-electron chi connectivity index (χ2n) is 5.44. The van der Waals surface area contributed by atoms with Crippen LogP contribution in [0.2, 0.25) is 0 Å². The van der Waals surface area contributed by atoms with E-state index in [2.05, 4.69) is 16.4 Å². The summed E-state index contributed by atoms with van der Waals surface area (Å²) in [6.45, 7) is 6.46. The number of hydrogen-bond acceptors (Lipinski definition) is 5. The molecule has 0 spiro atoms. The number of hydrogen-bond donors (Lipinski definition) is 1. The van der Waals surface area contributed by atoms with E-state index in [4.69, 9.17) is 15.2 Å². The zero-order valence-corrected chi connectivity index (χ0v) is 12.9. The van der Waals surface area contributed by atoms with Gasteiger partial charge in [-0.05, 0) is 38.3 Å². The van der Waals surface area contributed by atoms with Crippen LogP contribution in [-0.2, 0) is 6.42 Å². The lowest BCUT2D eigenvalue weighted by Gasteiger charge is -2.21. The van der Waals surface area contributed by atoms with Gasteiger partial charge in [-0.1, -0.05) is 6.07 Å². The fraction of sp³-hybridized carbons (Fsp3) is 0.400. The topological polar surface area (TPSA) is 57.4 Å². The molecule has 0 aliphatic carbocycles. The molecule has 0 unspecified atom stereocenters. The Bertz CT molecular complexity index is 547. The molecule has 2 aromatic rings. The number of pyridine rings is 1. The summed E-state index contributed by atoms with van der Waals surface area (Å²) in [5.41, 5.74) is 6.04. The summed E-state index contributed by atoms with van der Waals surface area (Å²) in [4.78, 5) is 5.61. The molecular formula is C15H20N2O2S. The van der Waals surface area contributed by atoms with Crippen LogP contribution in [0.3, 0.4) is 0 Å². The summed E-state index contributed by atoms with van der Waals surface area (Å²) in [5.74, 6) is 0.959. The molecule has 0 aliphatic heterocycles. The fourth-order valence-corrected chi connectivity index (χ4v) is 2.29. The van der Waals surface area contributed by atoms with Crippen molar-refractivity contribution in [1.29, 1.82) is 0 Å². The number of nitrogens with two attached hydrogens (primary N) is 1. The number of aromatic nitrogens is 1. The van der Waals surface area contributed by atoms with Crippen molar-refractivity contribution in [2.75, 3.05) is 12.3 Å². The Kier molecular flexibility index (Phi) is 4.49. The zero-order chi connectivity index (χ0) is 14.6. The Morgan fingerprint density at radius 2 is 2.05 bits per heavy atom. The standard InChI is InChI=1S/C15H20N2O2S/c1-15(2,3)19-14-12(16)6-7-13(17-14)18-9-8-11-5-4-10-20-11/h4-7,10H,8-9,16H2,1-3H3. The summed E-state index contributed by atoms with van der Waals surface area (Å²) >= 11 is 1.73. The quantitative estimate of drug-likeness (QED) is 0.916. The molecule has 0 atom stereocenters. The van der Waals surface area contributed by atoms with Crippen molar-refractivity contribution in [2.45, 2.75) is 32.8 Å². The summed E-state index contributed by atoms with van der Waals surface area (Å²) in [6.07, 6.45) is 0.874. The van der Waals surface area contributed by atoms with Crippen molar-refractivity contribution in [2.24, 2.45) is 0 Å². The van der Waals surface area contributed by atoms with Crippen LogP contribution in [0.5, 0.6) is 11.8 Å². The van der Waals surface area contributed by atoms with Crippen LogP contribution in [0.25, 0.3) is 0 Å². The first-order chi connectivity index (χ1) is 9.44. The highest BCUT2D eigenvalue weighted by Crippen LogP contribution is 2.25. The molecule has 0 bridgehead atoms. The molecule has 0 fully saturated rings. The van der Waals surface area contributed by atoms with Crippen molar-refractivity contribution in [1.82, 2.24) is 4.98 Å². The van der Waals surface area contributed by atoms with E-state index in [-0.39, 0.29) is 5.60 Å². The maximum atomic E-state index is 5.86. The lowest BCUT2D eigenvalue weighted by molar-refractivity contribution is 0.123. The van der Waals surface area contributed by atoms with Crippen LogP contribution in [-0.4, -0.2) is 17.2 Å². The van der Waals surface area contributed by atoms with Gasteiger partial charge >= 0.3 is 0 Å². The minimum absolute atomic E-state index is 0.337. The molecule has 0 aliphatic rings. The lowest BCUT2D eigenvalue weighted by atomic mass is 10.2. The monoisotopic (exact) mass is 292 g/mol. The SMILES string of the molecule is CC(C)(C)Oc1nc(OCCc2cccs2)ccc1N. The van der Waals surface area contributed by atoms with Crippen LogP contribution < -0.4 is 15.2 Å². The van der Waals surface area contributed by atoms with Gasteiger partial charge in [0, 0.05) is 17.4 Å². The van der Waals surface area contributed by atoms with Crippen molar-refractivity contribution in [3.8, 4) is 11.8 Å². The molecule has 20 heavy (non-hydrogen) atoms. The number of rotatable bonds is 5. The highest BCUT2D eigenvalue weighted by molar-refractivity contribution is 7.09. The van der Waals surface area contributed by atoms with Crippen molar-refractivity contribution in [3.63, 3.8) is 0 Å². The van der Waals surface area contributed by atoms with Crippen molar-refractivity contribution in [3.05, 3.63) is 34.5 Å². The smallest absolute Gasteiger partial charge is 0.241 e. The number of thiophene rings is 1. The molecule has 2 rings (SSSR count). The van der Waals surface area contributed by atoms with Gasteiger partial charge in [-0.2, -0.15) is 4.98 Å². The predicted octanol–water partition coefficient (Wildman–Crippen LogP) is 3.52. The first kappa shape index (κ1) is 14.7. The molecule has 0 radical (unpaired) electrons. The Balaban J connectivity index is 1.96. The zero-order valence-electron chi connectivity index (χ0n) is 12.1. The molecule has 0 saturated carbocycles. The Morgan fingerprint density at radius 3 is 2.70 bits per heavy atom. The summed E-state index contributed by atoms with van der Waals surface area (Å²) in [5, 5.41) is 2.06. The normalized spacial score (nSPS) is 11.3. The molecule has 5 heteroatoms. The number of ether oxygens (including phenoxy) is 2. The molecule has 4 nitrogen and oxygen atoms in total.